The van der Waals surface area contributed by atoms with Crippen LogP contribution in [0.25, 0.3) is 0 Å². The minimum absolute atomic E-state index is 0.0550. The summed E-state index contributed by atoms with van der Waals surface area (Å²) in [4.78, 5) is 25.8. The van der Waals surface area contributed by atoms with Gasteiger partial charge in [0.05, 0.1) is 6.04 Å². The lowest BCUT2D eigenvalue weighted by atomic mass is 9.91. The molecule has 1 aliphatic heterocycles. The number of carbonyl (C=O) groups is 2. The van der Waals surface area contributed by atoms with E-state index >= 15 is 0 Å². The number of aromatic nitrogens is 1. The third-order valence-electron chi connectivity index (χ3n) is 4.77. The summed E-state index contributed by atoms with van der Waals surface area (Å²) >= 11 is 0. The maximum atomic E-state index is 12.8. The second-order valence-corrected chi connectivity index (χ2v) is 6.91. The number of aliphatic carboxylic acids is 1. The van der Waals surface area contributed by atoms with Gasteiger partial charge >= 0.3 is 5.97 Å². The summed E-state index contributed by atoms with van der Waals surface area (Å²) in [5, 5.41) is 15.6. The zero-order valence-electron chi connectivity index (χ0n) is 15.2. The van der Waals surface area contributed by atoms with Crippen molar-refractivity contribution in [2.45, 2.75) is 64.8 Å². The molecule has 0 aromatic carbocycles. The zero-order valence-corrected chi connectivity index (χ0v) is 15.2. The predicted molar refractivity (Wildman–Crippen MR) is 94.3 cm³/mol. The maximum Gasteiger partial charge on any atom is 0.303 e. The molecule has 1 saturated heterocycles. The Labute approximate surface area is 148 Å². The Morgan fingerprint density at radius 2 is 2.32 bits per heavy atom. The fourth-order valence-corrected chi connectivity index (χ4v) is 3.46. The molecule has 0 bridgehead atoms. The summed E-state index contributed by atoms with van der Waals surface area (Å²) in [5.74, 6) is 0.644. The molecule has 1 amide bonds. The van der Waals surface area contributed by atoms with Crippen molar-refractivity contribution in [1.82, 2.24) is 10.1 Å². The lowest BCUT2D eigenvalue weighted by molar-refractivity contribution is -0.137. The van der Waals surface area contributed by atoms with Crippen molar-refractivity contribution in [3.63, 3.8) is 0 Å². The van der Waals surface area contributed by atoms with Crippen LogP contribution in [0.3, 0.4) is 0 Å². The van der Waals surface area contributed by atoms with Gasteiger partial charge in [-0.15, -0.1) is 0 Å². The highest BCUT2D eigenvalue weighted by Gasteiger charge is 2.30. The predicted octanol–water partition coefficient (Wildman–Crippen LogP) is 3.06. The first-order valence-electron chi connectivity index (χ1n) is 9.19. The summed E-state index contributed by atoms with van der Waals surface area (Å²) in [6, 6.07) is 1.50. The summed E-state index contributed by atoms with van der Waals surface area (Å²) in [7, 11) is 0. The molecule has 2 rings (SSSR count). The first kappa shape index (κ1) is 19.4. The number of likely N-dealkylation sites (tertiary alicyclic amines) is 1. The number of hydrogen-bond acceptors (Lipinski definition) is 5. The van der Waals surface area contributed by atoms with Gasteiger partial charge in [0, 0.05) is 19.0 Å². The molecule has 0 spiro atoms. The lowest BCUT2D eigenvalue weighted by Gasteiger charge is -2.37. The van der Waals surface area contributed by atoms with E-state index in [1.165, 1.54) is 0 Å². The molecule has 1 aromatic rings. The number of hydrogen-bond donors (Lipinski definition) is 2. The van der Waals surface area contributed by atoms with Crippen LogP contribution >= 0.6 is 0 Å². The third kappa shape index (κ3) is 6.16. The van der Waals surface area contributed by atoms with Gasteiger partial charge in [-0.2, -0.15) is 0 Å². The molecule has 1 aromatic heterocycles. The van der Waals surface area contributed by atoms with Crippen LogP contribution in [0.1, 0.15) is 57.6 Å². The normalized spacial score (nSPS) is 19.5. The molecule has 2 atom stereocenters. The van der Waals surface area contributed by atoms with Gasteiger partial charge in [-0.25, -0.2) is 0 Å². The Kier molecular flexibility index (Phi) is 7.43. The average Bonchev–Trinajstić information content (AvgIpc) is 2.98. The number of anilines is 1. The van der Waals surface area contributed by atoms with Crippen molar-refractivity contribution >= 4 is 17.7 Å². The van der Waals surface area contributed by atoms with E-state index in [2.05, 4.69) is 22.3 Å². The van der Waals surface area contributed by atoms with Crippen molar-refractivity contribution in [2.75, 3.05) is 18.4 Å². The molecule has 7 nitrogen and oxygen atoms in total. The Balaban J connectivity index is 1.99. The number of carboxylic acid groups (broad SMARTS) is 1. The van der Waals surface area contributed by atoms with Gasteiger partial charge in [0.15, 0.2) is 5.82 Å². The van der Waals surface area contributed by atoms with Gasteiger partial charge in [0.1, 0.15) is 5.76 Å². The Hall–Kier alpha value is -1.89. The second-order valence-electron chi connectivity index (χ2n) is 6.91. The third-order valence-corrected chi connectivity index (χ3v) is 4.77. The number of rotatable bonds is 9. The second kappa shape index (κ2) is 9.56. The van der Waals surface area contributed by atoms with E-state index in [1.807, 2.05) is 0 Å². The number of nitrogens with zero attached hydrogens (tertiary/aromatic N) is 2. The Morgan fingerprint density at radius 3 is 2.96 bits per heavy atom. The molecule has 140 valence electrons. The first-order chi connectivity index (χ1) is 12.0. The largest absolute Gasteiger partial charge is 0.481 e. The van der Waals surface area contributed by atoms with Gasteiger partial charge in [-0.3, -0.25) is 14.5 Å². The number of piperidine rings is 1. The first-order valence-corrected chi connectivity index (χ1v) is 9.19. The molecule has 7 heteroatoms. The maximum absolute atomic E-state index is 12.8. The quantitative estimate of drug-likeness (QED) is 0.710. The van der Waals surface area contributed by atoms with E-state index in [1.54, 1.807) is 13.0 Å². The average molecular weight is 351 g/mol. The minimum atomic E-state index is -0.751. The molecule has 25 heavy (non-hydrogen) atoms. The number of carboxylic acids is 1. The van der Waals surface area contributed by atoms with Crippen LogP contribution in [-0.4, -0.2) is 46.2 Å². The highest BCUT2D eigenvalue weighted by Crippen LogP contribution is 2.25. The molecule has 0 aliphatic carbocycles. The van der Waals surface area contributed by atoms with E-state index in [-0.39, 0.29) is 18.4 Å². The molecule has 2 unspecified atom stereocenters. The molecule has 0 saturated carbocycles. The molecule has 2 heterocycles. The summed E-state index contributed by atoms with van der Waals surface area (Å²) in [6.45, 7) is 5.56. The molecule has 1 aliphatic rings. The number of aryl methyl sites for hydroxylation is 1. The number of carbonyl (C=O) groups excluding carboxylic acids is 1. The minimum Gasteiger partial charge on any atom is -0.481 e. The van der Waals surface area contributed by atoms with E-state index in [4.69, 9.17) is 9.63 Å². The summed E-state index contributed by atoms with van der Waals surface area (Å²) < 4.78 is 5.01. The van der Waals surface area contributed by atoms with Crippen molar-refractivity contribution < 1.29 is 19.2 Å². The van der Waals surface area contributed by atoms with Crippen molar-refractivity contribution in [2.24, 2.45) is 5.92 Å². The van der Waals surface area contributed by atoms with E-state index in [0.717, 1.165) is 45.2 Å². The van der Waals surface area contributed by atoms with Gasteiger partial charge in [-0.05, 0) is 45.1 Å². The molecular weight excluding hydrogens is 322 g/mol. The number of unbranched alkanes of at least 4 members (excludes halogenated alkanes) is 1. The number of nitrogens with one attached hydrogen (secondary N) is 1. The molecule has 1 fully saturated rings. The number of amides is 1. The zero-order chi connectivity index (χ0) is 18.2. The molecule has 0 radical (unpaired) electrons. The van der Waals surface area contributed by atoms with Gasteiger partial charge in [-0.1, -0.05) is 24.9 Å². The van der Waals surface area contributed by atoms with E-state index < -0.39 is 5.97 Å². The van der Waals surface area contributed by atoms with Crippen LogP contribution in [0.15, 0.2) is 10.6 Å². The van der Waals surface area contributed by atoms with Crippen molar-refractivity contribution in [3.8, 4) is 0 Å². The van der Waals surface area contributed by atoms with Gasteiger partial charge < -0.3 is 14.9 Å². The van der Waals surface area contributed by atoms with Crippen LogP contribution in [0, 0.1) is 12.8 Å². The fourth-order valence-electron chi connectivity index (χ4n) is 3.46. The molecule has 2 N–H and O–H groups in total. The smallest absolute Gasteiger partial charge is 0.303 e. The Morgan fingerprint density at radius 1 is 1.52 bits per heavy atom. The van der Waals surface area contributed by atoms with E-state index in [0.29, 0.717) is 23.9 Å². The highest BCUT2D eigenvalue weighted by atomic mass is 16.5. The van der Waals surface area contributed by atoms with E-state index in [9.17, 15) is 9.59 Å². The van der Waals surface area contributed by atoms with Crippen LogP contribution in [0.5, 0.6) is 0 Å². The van der Waals surface area contributed by atoms with Crippen LogP contribution in [0.2, 0.25) is 0 Å². The van der Waals surface area contributed by atoms with Crippen LogP contribution in [0.4, 0.5) is 5.82 Å². The topological polar surface area (TPSA) is 95.7 Å². The van der Waals surface area contributed by atoms with Gasteiger partial charge in [0.25, 0.3) is 0 Å². The van der Waals surface area contributed by atoms with Crippen LogP contribution in [-0.2, 0) is 9.59 Å². The highest BCUT2D eigenvalue weighted by molar-refractivity contribution is 5.94. The summed E-state index contributed by atoms with van der Waals surface area (Å²) in [6.07, 6.45) is 5.72. The molecular formula is C18H29N3O4. The standard InChI is InChI=1S/C18H29N3O4/c1-3-4-7-15(18(24)19-16-11-13(2)25-20-16)21-10-5-6-14(12-21)8-9-17(22)23/h11,14-15H,3-10,12H2,1-2H3,(H,22,23)(H,19,20,24). The Bertz CT molecular complexity index is 572. The van der Waals surface area contributed by atoms with Gasteiger partial charge in [0.2, 0.25) is 5.91 Å². The SMILES string of the molecule is CCCCC(C(=O)Nc1cc(C)on1)N1CCCC(CCC(=O)O)C1. The monoisotopic (exact) mass is 351 g/mol. The summed E-state index contributed by atoms with van der Waals surface area (Å²) in [5.41, 5.74) is 0. The van der Waals surface area contributed by atoms with Crippen molar-refractivity contribution in [1.29, 1.82) is 0 Å². The van der Waals surface area contributed by atoms with Crippen LogP contribution < -0.4 is 5.32 Å². The lowest BCUT2D eigenvalue weighted by Crippen LogP contribution is -2.48. The van der Waals surface area contributed by atoms with Crippen molar-refractivity contribution in [3.05, 3.63) is 11.8 Å². The fraction of sp³-hybridized carbons (Fsp3) is 0.722.